The number of hydrogen-bond donors (Lipinski definition) is 1. The van der Waals surface area contributed by atoms with Crippen LogP contribution in [0.2, 0.25) is 0 Å². The van der Waals surface area contributed by atoms with Gasteiger partial charge in [-0.05, 0) is 42.5 Å². The van der Waals surface area contributed by atoms with E-state index < -0.39 is 0 Å². The fourth-order valence-corrected chi connectivity index (χ4v) is 4.03. The molecule has 27 heavy (non-hydrogen) atoms. The molecule has 1 aliphatic rings. The molecule has 0 radical (unpaired) electrons. The predicted octanol–water partition coefficient (Wildman–Crippen LogP) is 6.38. The van der Waals surface area contributed by atoms with Gasteiger partial charge in [0, 0.05) is 17.8 Å². The highest BCUT2D eigenvalue weighted by Gasteiger charge is 2.17. The minimum atomic E-state index is 0.694. The largest absolute Gasteiger partial charge is 0.444 e. The van der Waals surface area contributed by atoms with Crippen LogP contribution in [0, 0.1) is 12.8 Å². The Morgan fingerprint density at radius 2 is 1.85 bits per heavy atom. The highest BCUT2D eigenvalue weighted by atomic mass is 16.3. The highest BCUT2D eigenvalue weighted by molar-refractivity contribution is 5.65. The summed E-state index contributed by atoms with van der Waals surface area (Å²) in [6, 6.07) is 17.2. The Hall–Kier alpha value is -2.55. The lowest BCUT2D eigenvalue weighted by Gasteiger charge is -2.23. The molecule has 1 saturated carbocycles. The topological polar surface area (TPSA) is 38.1 Å². The number of aryl methyl sites for hydroxylation is 1. The summed E-state index contributed by atoms with van der Waals surface area (Å²) in [5.74, 6) is 1.50. The predicted molar refractivity (Wildman–Crippen MR) is 111 cm³/mol. The quantitative estimate of drug-likeness (QED) is 0.554. The van der Waals surface area contributed by atoms with Gasteiger partial charge in [-0.3, -0.25) is 0 Å². The van der Waals surface area contributed by atoms with Crippen LogP contribution in [0.5, 0.6) is 0 Å². The molecule has 0 aliphatic heterocycles. The van der Waals surface area contributed by atoms with Gasteiger partial charge >= 0.3 is 0 Å². The van der Waals surface area contributed by atoms with Crippen molar-refractivity contribution in [2.45, 2.75) is 52.0 Å². The minimum absolute atomic E-state index is 0.694. The van der Waals surface area contributed by atoms with E-state index in [1.807, 2.05) is 6.92 Å². The van der Waals surface area contributed by atoms with Crippen molar-refractivity contribution in [3.05, 3.63) is 71.6 Å². The summed E-state index contributed by atoms with van der Waals surface area (Å²) in [6.45, 7) is 2.78. The van der Waals surface area contributed by atoms with Crippen LogP contribution in [0.4, 0.5) is 5.69 Å². The first-order chi connectivity index (χ1) is 13.3. The lowest BCUT2D eigenvalue weighted by Crippen LogP contribution is -2.11. The van der Waals surface area contributed by atoms with Crippen molar-refractivity contribution < 1.29 is 4.42 Å². The molecule has 0 unspecified atom stereocenters. The molecule has 2 aromatic carbocycles. The Morgan fingerprint density at radius 1 is 1.04 bits per heavy atom. The standard InChI is InChI=1S/C24H28N2O/c1-18-17-27-24(26-18)22-13-12-21(14-19-8-4-2-5-9-19)23(15-22)25-16-20-10-6-3-7-11-20/h3,6-7,10-13,15,17,19,25H,2,4-5,8-9,14,16H2,1H3. The Morgan fingerprint density at radius 3 is 2.59 bits per heavy atom. The van der Waals surface area contributed by atoms with Crippen molar-refractivity contribution in [1.29, 1.82) is 0 Å². The van der Waals surface area contributed by atoms with E-state index in [2.05, 4.69) is 58.8 Å². The van der Waals surface area contributed by atoms with Gasteiger partial charge in [-0.25, -0.2) is 4.98 Å². The summed E-state index contributed by atoms with van der Waals surface area (Å²) < 4.78 is 5.62. The third-order valence-corrected chi connectivity index (χ3v) is 5.53. The summed E-state index contributed by atoms with van der Waals surface area (Å²) in [7, 11) is 0. The first kappa shape index (κ1) is 17.8. The van der Waals surface area contributed by atoms with Crippen LogP contribution >= 0.6 is 0 Å². The Bertz CT molecular complexity index is 863. The molecule has 4 rings (SSSR count). The zero-order valence-electron chi connectivity index (χ0n) is 16.1. The van der Waals surface area contributed by atoms with Crippen LogP contribution in [0.25, 0.3) is 11.5 Å². The molecule has 1 heterocycles. The number of anilines is 1. The number of oxazole rings is 1. The Balaban J connectivity index is 1.58. The Labute approximate surface area is 161 Å². The van der Waals surface area contributed by atoms with E-state index in [9.17, 15) is 0 Å². The molecule has 0 saturated heterocycles. The molecule has 0 spiro atoms. The van der Waals surface area contributed by atoms with Crippen LogP contribution in [-0.2, 0) is 13.0 Å². The lowest BCUT2D eigenvalue weighted by molar-refractivity contribution is 0.357. The second-order valence-corrected chi connectivity index (χ2v) is 7.71. The molecule has 3 nitrogen and oxygen atoms in total. The van der Waals surface area contributed by atoms with Gasteiger partial charge < -0.3 is 9.73 Å². The van der Waals surface area contributed by atoms with Crippen molar-refractivity contribution in [1.82, 2.24) is 4.98 Å². The number of nitrogens with zero attached hydrogens (tertiary/aromatic N) is 1. The van der Waals surface area contributed by atoms with E-state index in [4.69, 9.17) is 4.42 Å². The van der Waals surface area contributed by atoms with Crippen LogP contribution in [0.3, 0.4) is 0 Å². The SMILES string of the molecule is Cc1coc(-c2ccc(CC3CCCCC3)c(NCc3ccccc3)c2)n1. The molecule has 140 valence electrons. The van der Waals surface area contributed by atoms with Crippen molar-refractivity contribution in [2.75, 3.05) is 5.32 Å². The zero-order valence-corrected chi connectivity index (χ0v) is 16.1. The number of hydrogen-bond acceptors (Lipinski definition) is 3. The minimum Gasteiger partial charge on any atom is -0.444 e. The van der Waals surface area contributed by atoms with E-state index in [0.29, 0.717) is 5.89 Å². The normalized spacial score (nSPS) is 15.0. The molecule has 3 heteroatoms. The second-order valence-electron chi connectivity index (χ2n) is 7.71. The van der Waals surface area contributed by atoms with Crippen LogP contribution in [0.1, 0.15) is 48.9 Å². The molecule has 0 atom stereocenters. The molecular weight excluding hydrogens is 332 g/mol. The van der Waals surface area contributed by atoms with Gasteiger partial charge in [0.2, 0.25) is 5.89 Å². The molecule has 3 aromatic rings. The maximum Gasteiger partial charge on any atom is 0.226 e. The molecule has 0 bridgehead atoms. The van der Waals surface area contributed by atoms with Gasteiger partial charge in [0.05, 0.1) is 5.69 Å². The van der Waals surface area contributed by atoms with Crippen molar-refractivity contribution in [3.63, 3.8) is 0 Å². The summed E-state index contributed by atoms with van der Waals surface area (Å²) in [5, 5.41) is 3.67. The number of rotatable bonds is 6. The first-order valence-corrected chi connectivity index (χ1v) is 10.1. The van der Waals surface area contributed by atoms with E-state index in [1.54, 1.807) is 6.26 Å². The first-order valence-electron chi connectivity index (χ1n) is 10.1. The van der Waals surface area contributed by atoms with Crippen LogP contribution < -0.4 is 5.32 Å². The van der Waals surface area contributed by atoms with E-state index >= 15 is 0 Å². The van der Waals surface area contributed by atoms with Gasteiger partial charge in [-0.15, -0.1) is 0 Å². The highest BCUT2D eigenvalue weighted by Crippen LogP contribution is 2.32. The summed E-state index contributed by atoms with van der Waals surface area (Å²) >= 11 is 0. The molecule has 1 aromatic heterocycles. The summed E-state index contributed by atoms with van der Waals surface area (Å²) in [6.07, 6.45) is 9.75. The second kappa shape index (κ2) is 8.43. The van der Waals surface area contributed by atoms with Gasteiger partial charge in [0.15, 0.2) is 0 Å². The molecule has 1 fully saturated rings. The average molecular weight is 361 g/mol. The smallest absolute Gasteiger partial charge is 0.226 e. The van der Waals surface area contributed by atoms with Gasteiger partial charge in [-0.2, -0.15) is 0 Å². The van der Waals surface area contributed by atoms with Crippen LogP contribution in [-0.4, -0.2) is 4.98 Å². The average Bonchev–Trinajstić information content (AvgIpc) is 3.15. The van der Waals surface area contributed by atoms with Crippen molar-refractivity contribution in [2.24, 2.45) is 5.92 Å². The molecular formula is C24H28N2O. The fourth-order valence-electron chi connectivity index (χ4n) is 4.03. The monoisotopic (exact) mass is 360 g/mol. The van der Waals surface area contributed by atoms with Gasteiger partial charge in [0.1, 0.15) is 6.26 Å². The number of aromatic nitrogens is 1. The number of benzene rings is 2. The molecule has 1 N–H and O–H groups in total. The maximum absolute atomic E-state index is 5.62. The van der Waals surface area contributed by atoms with Crippen LogP contribution in [0.15, 0.2) is 59.2 Å². The fraction of sp³-hybridized carbons (Fsp3) is 0.375. The number of nitrogens with one attached hydrogen (secondary N) is 1. The van der Waals surface area contributed by atoms with E-state index in [0.717, 1.165) is 30.1 Å². The van der Waals surface area contributed by atoms with Gasteiger partial charge in [-0.1, -0.05) is 68.5 Å². The molecule has 0 amide bonds. The molecule has 1 aliphatic carbocycles. The summed E-state index contributed by atoms with van der Waals surface area (Å²) in [5.41, 5.74) is 5.85. The van der Waals surface area contributed by atoms with E-state index in [-0.39, 0.29) is 0 Å². The van der Waals surface area contributed by atoms with Gasteiger partial charge in [0.25, 0.3) is 0 Å². The lowest BCUT2D eigenvalue weighted by atomic mass is 9.84. The Kier molecular flexibility index (Phi) is 5.57. The van der Waals surface area contributed by atoms with Crippen molar-refractivity contribution in [3.8, 4) is 11.5 Å². The van der Waals surface area contributed by atoms with E-state index in [1.165, 1.54) is 48.9 Å². The maximum atomic E-state index is 5.62. The third-order valence-electron chi connectivity index (χ3n) is 5.53. The zero-order chi connectivity index (χ0) is 18.5. The van der Waals surface area contributed by atoms with Crippen molar-refractivity contribution >= 4 is 5.69 Å². The summed E-state index contributed by atoms with van der Waals surface area (Å²) in [4.78, 5) is 4.49. The third kappa shape index (κ3) is 4.60.